The van der Waals surface area contributed by atoms with Crippen molar-refractivity contribution in [3.8, 4) is 11.3 Å². The summed E-state index contributed by atoms with van der Waals surface area (Å²) >= 11 is 7.50. The highest BCUT2D eigenvalue weighted by Gasteiger charge is 2.36. The second-order valence-corrected chi connectivity index (χ2v) is 11.9. The maximum absolute atomic E-state index is 13.9. The predicted octanol–water partition coefficient (Wildman–Crippen LogP) is 8.16. The number of non-ortho nitro benzene ring substituents is 1. The quantitative estimate of drug-likeness (QED) is 0.0863. The molecule has 2 heterocycles. The molecule has 0 aliphatic carbocycles. The van der Waals surface area contributed by atoms with Crippen LogP contribution in [0.4, 0.5) is 16.5 Å². The number of hydrogen-bond donors (Lipinski definition) is 1. The lowest BCUT2D eigenvalue weighted by Crippen LogP contribution is -2.28. The first-order valence-corrected chi connectivity index (χ1v) is 16.0. The lowest BCUT2D eigenvalue weighted by molar-refractivity contribution is -0.384. The molecule has 0 atom stereocenters. The number of nitro benzene ring substituents is 1. The fourth-order valence-corrected chi connectivity index (χ4v) is 5.89. The number of carbonyl (C=O) groups excluding carboxylic acids is 2. The van der Waals surface area contributed by atoms with Crippen molar-refractivity contribution in [2.45, 2.75) is 26.2 Å². The Kier molecular flexibility index (Phi) is 9.28. The lowest BCUT2D eigenvalue weighted by Gasteiger charge is -2.10. The highest BCUT2D eigenvalue weighted by molar-refractivity contribution is 7.14. The number of halogens is 1. The standard InChI is InChI=1S/C35H27ClN6O4S/c1-2-3-7-22-10-12-23(13-11-22)30-21-47-35(37-30)41-34(44)32(31(40-41)24-14-17-27(18-15-24)42(45)46)39-38-29-19-16-26(36)20-28(29)33(43)25-8-5-4-6-9-25/h4-6,8-21,38H,2-3,7H2,1H3/b39-32+. The molecule has 6 rings (SSSR count). The number of amides is 1. The number of rotatable bonds is 11. The summed E-state index contributed by atoms with van der Waals surface area (Å²) in [6.07, 6.45) is 3.25. The van der Waals surface area contributed by atoms with Crippen molar-refractivity contribution in [2.75, 3.05) is 10.4 Å². The third kappa shape index (κ3) is 6.86. The molecule has 0 saturated heterocycles. The number of anilines is 2. The summed E-state index contributed by atoms with van der Waals surface area (Å²) in [5.41, 5.74) is 7.20. The lowest BCUT2D eigenvalue weighted by atomic mass is 10.0. The van der Waals surface area contributed by atoms with Crippen molar-refractivity contribution in [3.05, 3.63) is 140 Å². The molecule has 1 amide bonds. The van der Waals surface area contributed by atoms with Crippen molar-refractivity contribution >= 4 is 62.6 Å². The maximum atomic E-state index is 13.9. The number of hydrazone groups is 2. The number of aromatic nitrogens is 1. The zero-order valence-electron chi connectivity index (χ0n) is 25.1. The SMILES string of the molecule is CCCCc1ccc(-c2csc(N3N=C(c4ccc([N+](=O)[O-])cc4)/C(=N\Nc4ccc(Cl)cc4C(=O)c4ccccc4)C3=O)n2)cc1. The van der Waals surface area contributed by atoms with E-state index in [4.69, 9.17) is 16.6 Å². The van der Waals surface area contributed by atoms with Gasteiger partial charge in [0.05, 0.1) is 16.3 Å². The number of thiazole rings is 1. The van der Waals surface area contributed by atoms with E-state index in [9.17, 15) is 19.7 Å². The topological polar surface area (TPSA) is 130 Å². The Bertz CT molecular complexity index is 2030. The Hall–Kier alpha value is -5.52. The fraction of sp³-hybridized carbons (Fsp3) is 0.114. The molecule has 4 aromatic carbocycles. The minimum atomic E-state index is -0.563. The van der Waals surface area contributed by atoms with Gasteiger partial charge in [-0.25, -0.2) is 4.98 Å². The molecule has 1 N–H and O–H groups in total. The number of nitrogens with zero attached hydrogens (tertiary/aromatic N) is 5. The Morgan fingerprint density at radius 1 is 1.00 bits per heavy atom. The molecule has 0 saturated carbocycles. The van der Waals surface area contributed by atoms with Crippen LogP contribution in [0.15, 0.2) is 113 Å². The number of ketones is 1. The number of benzene rings is 4. The third-order valence-electron chi connectivity index (χ3n) is 7.46. The van der Waals surface area contributed by atoms with Crippen LogP contribution in [0, 0.1) is 10.1 Å². The van der Waals surface area contributed by atoms with Crippen LogP contribution in [0.5, 0.6) is 0 Å². The first-order valence-electron chi connectivity index (χ1n) is 14.8. The zero-order chi connectivity index (χ0) is 32.9. The Labute approximate surface area is 279 Å². The van der Waals surface area contributed by atoms with Crippen LogP contribution in [-0.4, -0.2) is 33.0 Å². The number of hydrogen-bond acceptors (Lipinski definition) is 9. The molecular formula is C35H27ClN6O4S. The summed E-state index contributed by atoms with van der Waals surface area (Å²) in [5, 5.41) is 24.0. The molecule has 47 heavy (non-hydrogen) atoms. The predicted molar refractivity (Wildman–Crippen MR) is 186 cm³/mol. The van der Waals surface area contributed by atoms with Crippen LogP contribution < -0.4 is 10.4 Å². The molecule has 1 aliphatic heterocycles. The van der Waals surface area contributed by atoms with E-state index in [0.29, 0.717) is 32.7 Å². The number of carbonyl (C=O) groups is 2. The largest absolute Gasteiger partial charge is 0.303 e. The van der Waals surface area contributed by atoms with Gasteiger partial charge < -0.3 is 0 Å². The molecule has 1 aromatic heterocycles. The van der Waals surface area contributed by atoms with Gasteiger partial charge >= 0.3 is 5.91 Å². The molecular weight excluding hydrogens is 636 g/mol. The average Bonchev–Trinajstić information content (AvgIpc) is 3.71. The van der Waals surface area contributed by atoms with Crippen LogP contribution in [-0.2, 0) is 11.2 Å². The summed E-state index contributed by atoms with van der Waals surface area (Å²) in [6, 6.07) is 27.3. The van der Waals surface area contributed by atoms with Crippen molar-refractivity contribution in [3.63, 3.8) is 0 Å². The van der Waals surface area contributed by atoms with Gasteiger partial charge in [-0.05, 0) is 48.7 Å². The van der Waals surface area contributed by atoms with E-state index < -0.39 is 10.8 Å². The highest BCUT2D eigenvalue weighted by Crippen LogP contribution is 2.31. The summed E-state index contributed by atoms with van der Waals surface area (Å²) in [7, 11) is 0. The monoisotopic (exact) mass is 662 g/mol. The Morgan fingerprint density at radius 3 is 2.43 bits per heavy atom. The minimum Gasteiger partial charge on any atom is -0.289 e. The van der Waals surface area contributed by atoms with E-state index in [1.807, 2.05) is 23.6 Å². The molecule has 0 fully saturated rings. The van der Waals surface area contributed by atoms with Gasteiger partial charge in [-0.3, -0.25) is 25.1 Å². The molecule has 0 unspecified atom stereocenters. The number of aryl methyl sites for hydroxylation is 1. The molecule has 0 spiro atoms. The maximum Gasteiger partial charge on any atom is 0.303 e. The van der Waals surface area contributed by atoms with Gasteiger partial charge in [0.1, 0.15) is 5.71 Å². The molecule has 10 nitrogen and oxygen atoms in total. The van der Waals surface area contributed by atoms with Gasteiger partial charge in [-0.2, -0.15) is 15.2 Å². The molecule has 0 bridgehead atoms. The van der Waals surface area contributed by atoms with E-state index in [1.54, 1.807) is 36.4 Å². The van der Waals surface area contributed by atoms with Crippen LogP contribution in [0.1, 0.15) is 46.8 Å². The smallest absolute Gasteiger partial charge is 0.289 e. The van der Waals surface area contributed by atoms with E-state index in [-0.39, 0.29) is 28.5 Å². The van der Waals surface area contributed by atoms with Crippen molar-refractivity contribution in [1.82, 2.24) is 4.98 Å². The second kappa shape index (κ2) is 13.9. The van der Waals surface area contributed by atoms with Crippen molar-refractivity contribution in [2.24, 2.45) is 10.2 Å². The number of nitro groups is 1. The molecule has 1 aliphatic rings. The minimum absolute atomic E-state index is 0.0658. The van der Waals surface area contributed by atoms with Crippen LogP contribution in [0.2, 0.25) is 5.02 Å². The third-order valence-corrected chi connectivity index (χ3v) is 8.51. The normalized spacial score (nSPS) is 13.6. The van der Waals surface area contributed by atoms with E-state index in [0.717, 1.165) is 24.8 Å². The summed E-state index contributed by atoms with van der Waals surface area (Å²) in [5.74, 6) is -0.847. The van der Waals surface area contributed by atoms with Gasteiger partial charge in [0.2, 0.25) is 5.13 Å². The molecule has 12 heteroatoms. The van der Waals surface area contributed by atoms with E-state index in [2.05, 4.69) is 34.7 Å². The zero-order valence-corrected chi connectivity index (χ0v) is 26.7. The van der Waals surface area contributed by atoms with Crippen LogP contribution in [0.3, 0.4) is 0 Å². The summed E-state index contributed by atoms with van der Waals surface area (Å²) in [6.45, 7) is 2.16. The van der Waals surface area contributed by atoms with Gasteiger partial charge in [0.25, 0.3) is 5.69 Å². The van der Waals surface area contributed by atoms with Crippen LogP contribution in [0.25, 0.3) is 11.3 Å². The summed E-state index contributed by atoms with van der Waals surface area (Å²) in [4.78, 5) is 42.7. The Balaban J connectivity index is 1.34. The number of unbranched alkanes of at least 4 members (excludes halogenated alkanes) is 1. The van der Waals surface area contributed by atoms with E-state index >= 15 is 0 Å². The van der Waals surface area contributed by atoms with Gasteiger partial charge in [-0.1, -0.05) is 79.5 Å². The van der Waals surface area contributed by atoms with Gasteiger partial charge in [0.15, 0.2) is 11.5 Å². The van der Waals surface area contributed by atoms with Crippen molar-refractivity contribution < 1.29 is 14.5 Å². The molecule has 5 aromatic rings. The van der Waals surface area contributed by atoms with Gasteiger partial charge in [0, 0.05) is 44.8 Å². The summed E-state index contributed by atoms with van der Waals surface area (Å²) < 4.78 is 0. The highest BCUT2D eigenvalue weighted by atomic mass is 35.5. The molecule has 234 valence electrons. The fourth-order valence-electron chi connectivity index (χ4n) is 4.94. The number of nitrogens with one attached hydrogen (secondary N) is 1. The first-order chi connectivity index (χ1) is 22.8. The Morgan fingerprint density at radius 2 is 1.72 bits per heavy atom. The van der Waals surface area contributed by atoms with Crippen LogP contribution >= 0.6 is 22.9 Å². The average molecular weight is 663 g/mol. The van der Waals surface area contributed by atoms with E-state index in [1.165, 1.54) is 52.2 Å². The van der Waals surface area contributed by atoms with Crippen molar-refractivity contribution in [1.29, 1.82) is 0 Å². The first kappa shape index (κ1) is 31.5. The molecule has 0 radical (unpaired) electrons. The van der Waals surface area contributed by atoms with Gasteiger partial charge in [-0.15, -0.1) is 11.3 Å². The second-order valence-electron chi connectivity index (χ2n) is 10.6.